The maximum Gasteiger partial charge on any atom is 0.244 e. The van der Waals surface area contributed by atoms with Crippen molar-refractivity contribution in [1.29, 1.82) is 0 Å². The van der Waals surface area contributed by atoms with Crippen molar-refractivity contribution in [3.8, 4) is 5.75 Å². The standard InChI is InChI=1S/C12H20N2O4S/c1-12(2,8-15)7-14-19(16,17)11-5-4-9(13)6-10(11)18-3/h4-6,14-15H,7-8,13H2,1-3H3. The molecule has 0 aliphatic rings. The summed E-state index contributed by atoms with van der Waals surface area (Å²) in [4.78, 5) is 0.0259. The van der Waals surface area contributed by atoms with E-state index in [2.05, 4.69) is 4.72 Å². The Kier molecular flexibility index (Phi) is 4.78. The van der Waals surface area contributed by atoms with Gasteiger partial charge < -0.3 is 15.6 Å². The maximum atomic E-state index is 12.2. The zero-order valence-corrected chi connectivity index (χ0v) is 12.1. The van der Waals surface area contributed by atoms with Crippen LogP contribution in [0.2, 0.25) is 0 Å². The summed E-state index contributed by atoms with van der Waals surface area (Å²) < 4.78 is 31.8. The van der Waals surface area contributed by atoms with E-state index < -0.39 is 15.4 Å². The Balaban J connectivity index is 3.01. The highest BCUT2D eigenvalue weighted by atomic mass is 32.2. The minimum Gasteiger partial charge on any atom is -0.495 e. The Morgan fingerprint density at radius 3 is 2.58 bits per heavy atom. The molecule has 1 aromatic rings. The van der Waals surface area contributed by atoms with Crippen LogP contribution in [0, 0.1) is 5.41 Å². The van der Waals surface area contributed by atoms with E-state index in [0.717, 1.165) is 0 Å². The lowest BCUT2D eigenvalue weighted by Gasteiger charge is -2.22. The van der Waals surface area contributed by atoms with Crippen molar-refractivity contribution in [2.75, 3.05) is 26.0 Å². The Labute approximate surface area is 113 Å². The molecule has 0 unspecified atom stereocenters. The fourth-order valence-electron chi connectivity index (χ4n) is 1.33. The van der Waals surface area contributed by atoms with Gasteiger partial charge in [-0.3, -0.25) is 0 Å². The lowest BCUT2D eigenvalue weighted by Crippen LogP contribution is -2.36. The molecule has 0 saturated carbocycles. The van der Waals surface area contributed by atoms with E-state index in [1.807, 2.05) is 0 Å². The predicted octanol–water partition coefficient (Wildman–Crippen LogP) is 0.574. The second-order valence-corrected chi connectivity index (χ2v) is 6.79. The second kappa shape index (κ2) is 5.77. The highest BCUT2D eigenvalue weighted by Crippen LogP contribution is 2.26. The van der Waals surface area contributed by atoms with Crippen molar-refractivity contribution in [3.63, 3.8) is 0 Å². The van der Waals surface area contributed by atoms with Crippen LogP contribution in [0.15, 0.2) is 23.1 Å². The largest absolute Gasteiger partial charge is 0.495 e. The number of aliphatic hydroxyl groups excluding tert-OH is 1. The molecule has 108 valence electrons. The van der Waals surface area contributed by atoms with Crippen LogP contribution in [0.4, 0.5) is 5.69 Å². The summed E-state index contributed by atoms with van der Waals surface area (Å²) in [7, 11) is -2.32. The van der Waals surface area contributed by atoms with Gasteiger partial charge in [0, 0.05) is 30.3 Å². The van der Waals surface area contributed by atoms with Crippen LogP contribution < -0.4 is 15.2 Å². The van der Waals surface area contributed by atoms with Crippen molar-refractivity contribution in [2.24, 2.45) is 5.41 Å². The summed E-state index contributed by atoms with van der Waals surface area (Å²) in [6.07, 6.45) is 0. The molecule has 0 fully saturated rings. The molecule has 0 aromatic heterocycles. The van der Waals surface area contributed by atoms with Crippen LogP contribution >= 0.6 is 0 Å². The lowest BCUT2D eigenvalue weighted by molar-refractivity contribution is 0.163. The fraction of sp³-hybridized carbons (Fsp3) is 0.500. The van der Waals surface area contributed by atoms with Crippen LogP contribution in [-0.2, 0) is 10.0 Å². The molecule has 19 heavy (non-hydrogen) atoms. The van der Waals surface area contributed by atoms with Gasteiger partial charge in [0.05, 0.1) is 7.11 Å². The number of benzene rings is 1. The molecule has 0 heterocycles. The van der Waals surface area contributed by atoms with E-state index >= 15 is 0 Å². The van der Waals surface area contributed by atoms with Gasteiger partial charge >= 0.3 is 0 Å². The van der Waals surface area contributed by atoms with Gasteiger partial charge in [-0.25, -0.2) is 13.1 Å². The normalized spacial score (nSPS) is 12.4. The topological polar surface area (TPSA) is 102 Å². The van der Waals surface area contributed by atoms with E-state index in [1.165, 1.54) is 25.3 Å². The number of anilines is 1. The third-order valence-electron chi connectivity index (χ3n) is 2.65. The Morgan fingerprint density at radius 1 is 1.42 bits per heavy atom. The average Bonchev–Trinajstić information content (AvgIpc) is 2.36. The third-order valence-corrected chi connectivity index (χ3v) is 4.09. The summed E-state index contributed by atoms with van der Waals surface area (Å²) in [5, 5.41) is 9.12. The summed E-state index contributed by atoms with van der Waals surface area (Å²) in [6.45, 7) is 3.53. The molecule has 0 bridgehead atoms. The molecule has 0 saturated heterocycles. The number of nitrogens with one attached hydrogen (secondary N) is 1. The van der Waals surface area contributed by atoms with Gasteiger partial charge in [0.25, 0.3) is 0 Å². The van der Waals surface area contributed by atoms with Crippen molar-refractivity contribution in [1.82, 2.24) is 4.72 Å². The Hall–Kier alpha value is -1.31. The first-order valence-corrected chi connectivity index (χ1v) is 7.24. The molecule has 0 amide bonds. The third kappa shape index (κ3) is 4.09. The quantitative estimate of drug-likeness (QED) is 0.664. The SMILES string of the molecule is COc1cc(N)ccc1S(=O)(=O)NCC(C)(C)CO. The summed E-state index contributed by atoms with van der Waals surface area (Å²) >= 11 is 0. The van der Waals surface area contributed by atoms with Crippen molar-refractivity contribution >= 4 is 15.7 Å². The van der Waals surface area contributed by atoms with Gasteiger partial charge in [-0.15, -0.1) is 0 Å². The predicted molar refractivity (Wildman–Crippen MR) is 73.5 cm³/mol. The van der Waals surface area contributed by atoms with Gasteiger partial charge in [0.1, 0.15) is 10.6 Å². The van der Waals surface area contributed by atoms with Crippen LogP contribution in [-0.4, -0.2) is 33.8 Å². The molecular formula is C12H20N2O4S. The van der Waals surface area contributed by atoms with E-state index in [1.54, 1.807) is 13.8 Å². The van der Waals surface area contributed by atoms with Crippen molar-refractivity contribution in [2.45, 2.75) is 18.7 Å². The molecule has 0 radical (unpaired) electrons. The number of nitrogen functional groups attached to an aromatic ring is 1. The molecule has 0 aliphatic carbocycles. The number of aliphatic hydroxyl groups is 1. The van der Waals surface area contributed by atoms with E-state index in [0.29, 0.717) is 5.69 Å². The maximum absolute atomic E-state index is 12.2. The summed E-state index contributed by atoms with van der Waals surface area (Å²) in [5.41, 5.74) is 5.47. The van der Waals surface area contributed by atoms with Crippen LogP contribution in [0.5, 0.6) is 5.75 Å². The zero-order valence-electron chi connectivity index (χ0n) is 11.3. The molecule has 4 N–H and O–H groups in total. The number of ether oxygens (including phenoxy) is 1. The molecular weight excluding hydrogens is 268 g/mol. The summed E-state index contributed by atoms with van der Waals surface area (Å²) in [5.74, 6) is 0.189. The highest BCUT2D eigenvalue weighted by Gasteiger charge is 2.24. The Morgan fingerprint density at radius 2 is 2.05 bits per heavy atom. The first kappa shape index (κ1) is 15.7. The molecule has 6 nitrogen and oxygen atoms in total. The van der Waals surface area contributed by atoms with Crippen molar-refractivity contribution < 1.29 is 18.3 Å². The smallest absolute Gasteiger partial charge is 0.244 e. The minimum absolute atomic E-state index is 0.0259. The van der Waals surface area contributed by atoms with E-state index in [-0.39, 0.29) is 23.8 Å². The van der Waals surface area contributed by atoms with Gasteiger partial charge in [-0.1, -0.05) is 13.8 Å². The minimum atomic E-state index is -3.70. The number of hydrogen-bond acceptors (Lipinski definition) is 5. The molecule has 0 atom stereocenters. The van der Waals surface area contributed by atoms with Crippen LogP contribution in [0.25, 0.3) is 0 Å². The summed E-state index contributed by atoms with van der Waals surface area (Å²) in [6, 6.07) is 4.34. The van der Waals surface area contributed by atoms with Gasteiger partial charge in [0.2, 0.25) is 10.0 Å². The zero-order chi connectivity index (χ0) is 14.7. The van der Waals surface area contributed by atoms with Gasteiger partial charge in [-0.05, 0) is 12.1 Å². The second-order valence-electron chi connectivity index (χ2n) is 5.06. The first-order valence-electron chi connectivity index (χ1n) is 5.76. The molecule has 0 spiro atoms. The van der Waals surface area contributed by atoms with Crippen LogP contribution in [0.3, 0.4) is 0 Å². The first-order chi connectivity index (χ1) is 8.72. The molecule has 0 aliphatic heterocycles. The fourth-order valence-corrected chi connectivity index (χ4v) is 2.72. The van der Waals surface area contributed by atoms with Crippen LogP contribution in [0.1, 0.15) is 13.8 Å². The highest BCUT2D eigenvalue weighted by molar-refractivity contribution is 7.89. The number of rotatable bonds is 6. The molecule has 1 rings (SSSR count). The number of methoxy groups -OCH3 is 1. The van der Waals surface area contributed by atoms with E-state index in [4.69, 9.17) is 15.6 Å². The lowest BCUT2D eigenvalue weighted by atomic mass is 9.96. The number of nitrogens with two attached hydrogens (primary N) is 1. The number of sulfonamides is 1. The van der Waals surface area contributed by atoms with Gasteiger partial charge in [-0.2, -0.15) is 0 Å². The Bertz CT molecular complexity index is 541. The average molecular weight is 288 g/mol. The van der Waals surface area contributed by atoms with E-state index in [9.17, 15) is 8.42 Å². The van der Waals surface area contributed by atoms with Gasteiger partial charge in [0.15, 0.2) is 0 Å². The monoisotopic (exact) mass is 288 g/mol. The number of hydrogen-bond donors (Lipinski definition) is 3. The van der Waals surface area contributed by atoms with Crippen molar-refractivity contribution in [3.05, 3.63) is 18.2 Å². The molecule has 7 heteroatoms. The molecule has 1 aromatic carbocycles.